The topological polar surface area (TPSA) is 54.0 Å². The van der Waals surface area contributed by atoms with E-state index in [1.807, 2.05) is 26.0 Å². The molecule has 2 rings (SSSR count). The van der Waals surface area contributed by atoms with E-state index in [0.29, 0.717) is 11.5 Å². The molecule has 1 aromatic heterocycles. The fraction of sp³-hybridized carbons (Fsp3) is 0.538. The molecule has 1 aliphatic heterocycles. The van der Waals surface area contributed by atoms with Crippen molar-refractivity contribution in [2.75, 3.05) is 19.6 Å². The standard InChI is InChI=1S/C13H19N3O.2ClH/c1-9-3-4-12(10(2)16-9)13(17)15-8-11-5-6-14-7-11;;/h3-4,11,14H,5-8H2,1-2H3,(H,15,17);2*1H. The molecule has 0 saturated carbocycles. The summed E-state index contributed by atoms with van der Waals surface area (Å²) in [6, 6.07) is 3.72. The summed E-state index contributed by atoms with van der Waals surface area (Å²) in [5.41, 5.74) is 2.42. The minimum absolute atomic E-state index is 0. The van der Waals surface area contributed by atoms with Crippen molar-refractivity contribution in [1.82, 2.24) is 15.6 Å². The molecule has 2 heterocycles. The van der Waals surface area contributed by atoms with Gasteiger partial charge in [-0.1, -0.05) is 0 Å². The van der Waals surface area contributed by atoms with Crippen LogP contribution < -0.4 is 10.6 Å². The summed E-state index contributed by atoms with van der Waals surface area (Å²) in [5, 5.41) is 6.27. The van der Waals surface area contributed by atoms with Gasteiger partial charge in [0.15, 0.2) is 0 Å². The van der Waals surface area contributed by atoms with Gasteiger partial charge >= 0.3 is 0 Å². The van der Waals surface area contributed by atoms with Gasteiger partial charge in [-0.2, -0.15) is 0 Å². The fourth-order valence-electron chi connectivity index (χ4n) is 2.15. The smallest absolute Gasteiger partial charge is 0.253 e. The molecule has 6 heteroatoms. The van der Waals surface area contributed by atoms with Gasteiger partial charge in [0.05, 0.1) is 11.3 Å². The molecule has 1 aliphatic rings. The van der Waals surface area contributed by atoms with Gasteiger partial charge in [-0.05, 0) is 51.4 Å². The number of amides is 1. The lowest BCUT2D eigenvalue weighted by Crippen LogP contribution is -2.30. The summed E-state index contributed by atoms with van der Waals surface area (Å²) >= 11 is 0. The second-order valence-corrected chi connectivity index (χ2v) is 4.65. The number of halogens is 2. The van der Waals surface area contributed by atoms with Crippen LogP contribution in [0.15, 0.2) is 12.1 Å². The van der Waals surface area contributed by atoms with E-state index in [-0.39, 0.29) is 30.7 Å². The number of hydrogen-bond donors (Lipinski definition) is 2. The van der Waals surface area contributed by atoms with Gasteiger partial charge in [0, 0.05) is 12.2 Å². The Morgan fingerprint density at radius 3 is 2.74 bits per heavy atom. The highest BCUT2D eigenvalue weighted by atomic mass is 35.5. The Morgan fingerprint density at radius 1 is 1.42 bits per heavy atom. The quantitative estimate of drug-likeness (QED) is 0.896. The Labute approximate surface area is 126 Å². The van der Waals surface area contributed by atoms with E-state index in [2.05, 4.69) is 15.6 Å². The molecule has 1 aromatic rings. The highest BCUT2D eigenvalue weighted by Crippen LogP contribution is 2.08. The van der Waals surface area contributed by atoms with Crippen LogP contribution in [0.3, 0.4) is 0 Å². The summed E-state index contributed by atoms with van der Waals surface area (Å²) in [4.78, 5) is 16.3. The molecule has 1 amide bonds. The molecule has 2 N–H and O–H groups in total. The number of nitrogens with one attached hydrogen (secondary N) is 2. The molecule has 1 unspecified atom stereocenters. The molecule has 1 fully saturated rings. The van der Waals surface area contributed by atoms with Crippen molar-refractivity contribution >= 4 is 30.7 Å². The van der Waals surface area contributed by atoms with Gasteiger partial charge in [0.1, 0.15) is 0 Å². The number of pyridine rings is 1. The van der Waals surface area contributed by atoms with Crippen molar-refractivity contribution < 1.29 is 4.79 Å². The molecule has 108 valence electrons. The largest absolute Gasteiger partial charge is 0.352 e. The summed E-state index contributed by atoms with van der Waals surface area (Å²) in [5.74, 6) is 0.555. The zero-order valence-corrected chi connectivity index (χ0v) is 12.9. The monoisotopic (exact) mass is 305 g/mol. The second kappa shape index (κ2) is 8.35. The molecule has 19 heavy (non-hydrogen) atoms. The van der Waals surface area contributed by atoms with Gasteiger partial charge in [0.25, 0.3) is 5.91 Å². The van der Waals surface area contributed by atoms with Crippen molar-refractivity contribution in [3.63, 3.8) is 0 Å². The van der Waals surface area contributed by atoms with E-state index >= 15 is 0 Å². The van der Waals surface area contributed by atoms with Crippen molar-refractivity contribution in [1.29, 1.82) is 0 Å². The van der Waals surface area contributed by atoms with Crippen molar-refractivity contribution in [2.24, 2.45) is 5.92 Å². The summed E-state index contributed by atoms with van der Waals surface area (Å²) in [7, 11) is 0. The Hall–Kier alpha value is -0.840. The first-order valence-electron chi connectivity index (χ1n) is 6.10. The maximum absolute atomic E-state index is 12.0. The molecule has 0 bridgehead atoms. The number of carbonyl (C=O) groups is 1. The van der Waals surface area contributed by atoms with E-state index in [0.717, 1.165) is 37.4 Å². The predicted molar refractivity (Wildman–Crippen MR) is 81.5 cm³/mol. The maximum Gasteiger partial charge on any atom is 0.253 e. The van der Waals surface area contributed by atoms with Gasteiger partial charge in [-0.3, -0.25) is 9.78 Å². The minimum atomic E-state index is -0.0121. The lowest BCUT2D eigenvalue weighted by molar-refractivity contribution is 0.0947. The molecular formula is C13H21Cl2N3O. The first kappa shape index (κ1) is 18.2. The third-order valence-corrected chi connectivity index (χ3v) is 3.18. The number of aryl methyl sites for hydroxylation is 2. The van der Waals surface area contributed by atoms with E-state index in [1.54, 1.807) is 0 Å². The molecule has 4 nitrogen and oxygen atoms in total. The zero-order chi connectivity index (χ0) is 12.3. The predicted octanol–water partition coefficient (Wildman–Crippen LogP) is 1.88. The van der Waals surface area contributed by atoms with Crippen molar-refractivity contribution in [2.45, 2.75) is 20.3 Å². The lowest BCUT2D eigenvalue weighted by atomic mass is 10.1. The van der Waals surface area contributed by atoms with Crippen LogP contribution >= 0.6 is 24.8 Å². The Kier molecular flexibility index (Phi) is 7.99. The Balaban J connectivity index is 0.00000162. The highest BCUT2D eigenvalue weighted by Gasteiger charge is 2.16. The van der Waals surface area contributed by atoms with Crippen LogP contribution in [0.25, 0.3) is 0 Å². The van der Waals surface area contributed by atoms with Gasteiger partial charge in [-0.25, -0.2) is 0 Å². The van der Waals surface area contributed by atoms with Gasteiger partial charge in [-0.15, -0.1) is 24.8 Å². The SMILES string of the molecule is Cc1ccc(C(=O)NCC2CCNC2)c(C)n1.Cl.Cl. The van der Waals surface area contributed by atoms with Crippen LogP contribution in [0.5, 0.6) is 0 Å². The molecule has 0 aliphatic carbocycles. The molecule has 1 atom stereocenters. The molecular weight excluding hydrogens is 285 g/mol. The summed E-state index contributed by atoms with van der Waals surface area (Å²) in [6.45, 7) is 6.62. The Morgan fingerprint density at radius 2 is 2.16 bits per heavy atom. The second-order valence-electron chi connectivity index (χ2n) is 4.65. The first-order chi connectivity index (χ1) is 8.16. The summed E-state index contributed by atoms with van der Waals surface area (Å²) < 4.78 is 0. The van der Waals surface area contributed by atoms with Crippen LogP contribution in [0.1, 0.15) is 28.2 Å². The maximum atomic E-state index is 12.0. The summed E-state index contributed by atoms with van der Waals surface area (Å²) in [6.07, 6.45) is 1.14. The molecule has 0 spiro atoms. The van der Waals surface area contributed by atoms with Gasteiger partial charge < -0.3 is 10.6 Å². The van der Waals surface area contributed by atoms with E-state index in [9.17, 15) is 4.79 Å². The Bertz CT molecular complexity index is 420. The average molecular weight is 306 g/mol. The van der Waals surface area contributed by atoms with Crippen LogP contribution in [0.2, 0.25) is 0 Å². The van der Waals surface area contributed by atoms with Crippen LogP contribution in [-0.4, -0.2) is 30.5 Å². The average Bonchev–Trinajstić information content (AvgIpc) is 2.78. The normalized spacial score (nSPS) is 17.3. The number of rotatable bonds is 3. The van der Waals surface area contributed by atoms with E-state index < -0.39 is 0 Å². The third-order valence-electron chi connectivity index (χ3n) is 3.18. The van der Waals surface area contributed by atoms with Gasteiger partial charge in [0.2, 0.25) is 0 Å². The number of nitrogens with zero attached hydrogens (tertiary/aromatic N) is 1. The highest BCUT2D eigenvalue weighted by molar-refractivity contribution is 5.95. The first-order valence-corrected chi connectivity index (χ1v) is 6.10. The minimum Gasteiger partial charge on any atom is -0.352 e. The number of hydrogen-bond acceptors (Lipinski definition) is 3. The third kappa shape index (κ3) is 4.97. The fourth-order valence-corrected chi connectivity index (χ4v) is 2.15. The van der Waals surface area contributed by atoms with Crippen LogP contribution in [0, 0.1) is 19.8 Å². The van der Waals surface area contributed by atoms with Crippen molar-refractivity contribution in [3.05, 3.63) is 29.1 Å². The van der Waals surface area contributed by atoms with Crippen molar-refractivity contribution in [3.8, 4) is 0 Å². The van der Waals surface area contributed by atoms with E-state index in [4.69, 9.17) is 0 Å². The molecule has 0 radical (unpaired) electrons. The van der Waals surface area contributed by atoms with Crippen LogP contribution in [-0.2, 0) is 0 Å². The number of aromatic nitrogens is 1. The van der Waals surface area contributed by atoms with Crippen LogP contribution in [0.4, 0.5) is 0 Å². The number of carbonyl (C=O) groups excluding carboxylic acids is 1. The lowest BCUT2D eigenvalue weighted by Gasteiger charge is -2.11. The molecule has 1 saturated heterocycles. The molecule has 0 aromatic carbocycles. The zero-order valence-electron chi connectivity index (χ0n) is 11.2. The van der Waals surface area contributed by atoms with E-state index in [1.165, 1.54) is 0 Å².